The number of carbonyl (C=O) groups excluding carboxylic acids is 1. The van der Waals surface area contributed by atoms with Crippen molar-refractivity contribution >= 4 is 5.91 Å². The van der Waals surface area contributed by atoms with Crippen LogP contribution < -0.4 is 10.1 Å². The van der Waals surface area contributed by atoms with Gasteiger partial charge >= 0.3 is 0 Å². The van der Waals surface area contributed by atoms with Gasteiger partial charge in [0.1, 0.15) is 24.0 Å². The van der Waals surface area contributed by atoms with Crippen molar-refractivity contribution in [3.63, 3.8) is 0 Å². The van der Waals surface area contributed by atoms with Crippen molar-refractivity contribution < 1.29 is 23.4 Å². The summed E-state index contributed by atoms with van der Waals surface area (Å²) < 4.78 is 31.7. The lowest BCUT2D eigenvalue weighted by Crippen LogP contribution is -2.24. The van der Waals surface area contributed by atoms with Crippen molar-refractivity contribution in [3.8, 4) is 5.75 Å². The molecule has 2 aromatic rings. The van der Waals surface area contributed by atoms with Gasteiger partial charge in [-0.1, -0.05) is 18.2 Å². The Balaban J connectivity index is 2.05. The van der Waals surface area contributed by atoms with Crippen LogP contribution in [0.15, 0.2) is 42.5 Å². The Morgan fingerprint density at radius 2 is 1.95 bits per heavy atom. The molecule has 116 valence electrons. The first-order valence-electron chi connectivity index (χ1n) is 6.66. The highest BCUT2D eigenvalue weighted by molar-refractivity contribution is 5.94. The molecular weight excluding hydrogens is 292 g/mol. The summed E-state index contributed by atoms with van der Waals surface area (Å²) in [4.78, 5) is 11.9. The Morgan fingerprint density at radius 3 is 2.68 bits per heavy atom. The fourth-order valence-electron chi connectivity index (χ4n) is 1.89. The van der Waals surface area contributed by atoms with Crippen molar-refractivity contribution in [2.45, 2.75) is 6.54 Å². The Hall–Kier alpha value is -2.47. The first-order valence-corrected chi connectivity index (χ1v) is 6.66. The molecule has 0 aliphatic heterocycles. The van der Waals surface area contributed by atoms with Crippen LogP contribution in [0.1, 0.15) is 15.9 Å². The number of benzene rings is 2. The van der Waals surface area contributed by atoms with Gasteiger partial charge in [0.25, 0.3) is 5.91 Å². The lowest BCUT2D eigenvalue weighted by Gasteiger charge is -2.11. The number of rotatable bonds is 6. The third-order valence-electron chi connectivity index (χ3n) is 2.94. The van der Waals surface area contributed by atoms with Gasteiger partial charge in [0.15, 0.2) is 0 Å². The second-order valence-corrected chi connectivity index (χ2v) is 4.49. The van der Waals surface area contributed by atoms with Crippen molar-refractivity contribution in [2.75, 3.05) is 13.2 Å². The molecule has 0 saturated heterocycles. The zero-order valence-corrected chi connectivity index (χ0v) is 11.7. The summed E-state index contributed by atoms with van der Waals surface area (Å²) in [6, 6.07) is 9.75. The minimum absolute atomic E-state index is 0.122. The molecule has 6 heteroatoms. The summed E-state index contributed by atoms with van der Waals surface area (Å²) in [6.07, 6.45) is 0. The van der Waals surface area contributed by atoms with Crippen LogP contribution in [0.25, 0.3) is 0 Å². The molecule has 0 saturated carbocycles. The van der Waals surface area contributed by atoms with E-state index in [1.165, 1.54) is 0 Å². The van der Waals surface area contributed by atoms with Crippen LogP contribution in [0.2, 0.25) is 0 Å². The van der Waals surface area contributed by atoms with E-state index < -0.39 is 17.5 Å². The number of hydrogen-bond donors (Lipinski definition) is 2. The van der Waals surface area contributed by atoms with Crippen molar-refractivity contribution in [3.05, 3.63) is 65.2 Å². The Kier molecular flexibility index (Phi) is 5.43. The number of carbonyl (C=O) groups is 1. The van der Waals surface area contributed by atoms with Gasteiger partial charge in [-0.3, -0.25) is 4.79 Å². The molecule has 0 bridgehead atoms. The summed E-state index contributed by atoms with van der Waals surface area (Å²) in [5, 5.41) is 11.3. The van der Waals surface area contributed by atoms with Crippen LogP contribution in [0.5, 0.6) is 5.75 Å². The van der Waals surface area contributed by atoms with Gasteiger partial charge in [0.05, 0.1) is 12.2 Å². The van der Waals surface area contributed by atoms with Crippen LogP contribution in [-0.4, -0.2) is 24.2 Å². The predicted molar refractivity (Wildman–Crippen MR) is 76.6 cm³/mol. The maximum atomic E-state index is 13.5. The zero-order valence-electron chi connectivity index (χ0n) is 11.7. The van der Waals surface area contributed by atoms with E-state index in [-0.39, 0.29) is 25.3 Å². The molecule has 0 atom stereocenters. The number of aliphatic hydroxyl groups is 1. The maximum Gasteiger partial charge on any atom is 0.254 e. The average molecular weight is 307 g/mol. The van der Waals surface area contributed by atoms with Crippen LogP contribution >= 0.6 is 0 Å². The van der Waals surface area contributed by atoms with Gasteiger partial charge in [-0.25, -0.2) is 8.78 Å². The summed E-state index contributed by atoms with van der Waals surface area (Å²) in [7, 11) is 0. The number of para-hydroxylation sites is 1. The van der Waals surface area contributed by atoms with Gasteiger partial charge in [-0.05, 0) is 18.2 Å². The van der Waals surface area contributed by atoms with Crippen LogP contribution in [0.4, 0.5) is 8.78 Å². The first-order chi connectivity index (χ1) is 10.6. The highest BCUT2D eigenvalue weighted by atomic mass is 19.1. The zero-order chi connectivity index (χ0) is 15.9. The first kappa shape index (κ1) is 15.9. The van der Waals surface area contributed by atoms with Crippen LogP contribution in [0, 0.1) is 11.6 Å². The van der Waals surface area contributed by atoms with Crippen LogP contribution in [-0.2, 0) is 6.54 Å². The molecule has 0 heterocycles. The topological polar surface area (TPSA) is 58.6 Å². The van der Waals surface area contributed by atoms with E-state index in [1.54, 1.807) is 24.3 Å². The highest BCUT2D eigenvalue weighted by Crippen LogP contribution is 2.18. The van der Waals surface area contributed by atoms with Gasteiger partial charge < -0.3 is 15.2 Å². The van der Waals surface area contributed by atoms with Gasteiger partial charge in [-0.2, -0.15) is 0 Å². The van der Waals surface area contributed by atoms with Crippen molar-refractivity contribution in [1.29, 1.82) is 0 Å². The SMILES string of the molecule is O=C(NCc1ccccc1OCCO)c1ccc(F)cc1F. The molecule has 0 aliphatic carbocycles. The van der Waals surface area contributed by atoms with Crippen molar-refractivity contribution in [2.24, 2.45) is 0 Å². The standard InChI is InChI=1S/C16H15F2NO3/c17-12-5-6-13(14(18)9-12)16(21)19-10-11-3-1-2-4-15(11)22-8-7-20/h1-6,9,20H,7-8,10H2,(H,19,21). The molecule has 0 radical (unpaired) electrons. The molecule has 0 aromatic heterocycles. The molecule has 22 heavy (non-hydrogen) atoms. The lowest BCUT2D eigenvalue weighted by molar-refractivity contribution is 0.0946. The smallest absolute Gasteiger partial charge is 0.254 e. The van der Waals surface area contributed by atoms with E-state index in [9.17, 15) is 13.6 Å². The van der Waals surface area contributed by atoms with E-state index in [4.69, 9.17) is 9.84 Å². The Morgan fingerprint density at radius 1 is 1.18 bits per heavy atom. The van der Waals surface area contributed by atoms with E-state index in [1.807, 2.05) is 0 Å². The number of amides is 1. The summed E-state index contributed by atoms with van der Waals surface area (Å²) in [5.41, 5.74) is 0.460. The molecule has 0 spiro atoms. The van der Waals surface area contributed by atoms with Gasteiger partial charge in [0.2, 0.25) is 0 Å². The summed E-state index contributed by atoms with van der Waals surface area (Å²) in [5.74, 6) is -1.77. The quantitative estimate of drug-likeness (QED) is 0.860. The van der Waals surface area contributed by atoms with Crippen LogP contribution in [0.3, 0.4) is 0 Å². The fraction of sp³-hybridized carbons (Fsp3) is 0.188. The molecule has 0 fully saturated rings. The number of hydrogen-bond acceptors (Lipinski definition) is 3. The monoisotopic (exact) mass is 307 g/mol. The van der Waals surface area contributed by atoms with E-state index in [0.29, 0.717) is 17.4 Å². The summed E-state index contributed by atoms with van der Waals surface area (Å²) >= 11 is 0. The maximum absolute atomic E-state index is 13.5. The highest BCUT2D eigenvalue weighted by Gasteiger charge is 2.13. The van der Waals surface area contributed by atoms with Gasteiger partial charge in [0, 0.05) is 18.2 Å². The molecule has 2 rings (SSSR count). The van der Waals surface area contributed by atoms with E-state index in [2.05, 4.69) is 5.32 Å². The number of halogens is 2. The molecule has 2 aromatic carbocycles. The minimum Gasteiger partial charge on any atom is -0.491 e. The average Bonchev–Trinajstić information content (AvgIpc) is 2.51. The third kappa shape index (κ3) is 4.02. The molecule has 2 N–H and O–H groups in total. The largest absolute Gasteiger partial charge is 0.491 e. The van der Waals surface area contributed by atoms with E-state index in [0.717, 1.165) is 12.1 Å². The number of ether oxygens (including phenoxy) is 1. The predicted octanol–water partition coefficient (Wildman–Crippen LogP) is 2.27. The molecular formula is C16H15F2NO3. The number of nitrogens with one attached hydrogen (secondary N) is 1. The van der Waals surface area contributed by atoms with Crippen molar-refractivity contribution in [1.82, 2.24) is 5.32 Å². The lowest BCUT2D eigenvalue weighted by atomic mass is 10.1. The Bertz CT molecular complexity index is 662. The normalized spacial score (nSPS) is 10.3. The molecule has 0 unspecified atom stereocenters. The second kappa shape index (κ2) is 7.51. The molecule has 0 aliphatic rings. The minimum atomic E-state index is -0.915. The molecule has 4 nitrogen and oxygen atoms in total. The van der Waals surface area contributed by atoms with E-state index >= 15 is 0 Å². The second-order valence-electron chi connectivity index (χ2n) is 4.49. The number of aliphatic hydroxyl groups excluding tert-OH is 1. The third-order valence-corrected chi connectivity index (χ3v) is 2.94. The molecule has 1 amide bonds. The van der Waals surface area contributed by atoms with Gasteiger partial charge in [-0.15, -0.1) is 0 Å². The fourth-order valence-corrected chi connectivity index (χ4v) is 1.89. The summed E-state index contributed by atoms with van der Waals surface area (Å²) in [6.45, 7) is 0.135. The Labute approximate surface area is 126 Å².